The summed E-state index contributed by atoms with van der Waals surface area (Å²) in [6.45, 7) is 7.57. The number of carbonyl (C=O) groups excluding carboxylic acids is 1. The van der Waals surface area contributed by atoms with Crippen LogP contribution in [0.1, 0.15) is 56.4 Å². The molecule has 1 aromatic carbocycles. The Morgan fingerprint density at radius 3 is 2.76 bits per heavy atom. The zero-order chi connectivity index (χ0) is 23.5. The van der Waals surface area contributed by atoms with Crippen LogP contribution in [0.3, 0.4) is 0 Å². The fourth-order valence-corrected chi connectivity index (χ4v) is 4.44. The summed E-state index contributed by atoms with van der Waals surface area (Å²) in [7, 11) is 0. The molecule has 0 saturated heterocycles. The molecule has 0 bridgehead atoms. The molecule has 170 valence electrons. The normalized spacial score (nSPS) is 19.4. The summed E-state index contributed by atoms with van der Waals surface area (Å²) < 4.78 is 6.76. The molecular weight excluding hydrogens is 422 g/mol. The summed E-state index contributed by atoms with van der Waals surface area (Å²) in [5.74, 6) is -0.737. The Labute approximate surface area is 190 Å². The third-order valence-electron chi connectivity index (χ3n) is 6.15. The van der Waals surface area contributed by atoms with Gasteiger partial charge in [0.25, 0.3) is 5.56 Å². The molecule has 1 atom stereocenters. The molecule has 8 heteroatoms. The van der Waals surface area contributed by atoms with Gasteiger partial charge in [0.1, 0.15) is 12.2 Å². The van der Waals surface area contributed by atoms with E-state index in [9.17, 15) is 14.7 Å². The van der Waals surface area contributed by atoms with Gasteiger partial charge < -0.3 is 19.2 Å². The van der Waals surface area contributed by atoms with E-state index in [0.717, 1.165) is 22.0 Å². The maximum Gasteiger partial charge on any atom is 0.343 e. The van der Waals surface area contributed by atoms with Crippen LogP contribution in [0.2, 0.25) is 0 Å². The van der Waals surface area contributed by atoms with E-state index >= 15 is 0 Å². The molecule has 0 spiro atoms. The summed E-state index contributed by atoms with van der Waals surface area (Å²) >= 11 is 0. The monoisotopic (exact) mass is 447 g/mol. The summed E-state index contributed by atoms with van der Waals surface area (Å²) in [4.78, 5) is 36.2. The number of rotatable bonds is 3. The molecule has 3 aromatic rings. The fraction of sp³-hybridized carbons (Fsp3) is 0.360. The number of hydrogen-bond donors (Lipinski definition) is 1. The van der Waals surface area contributed by atoms with Crippen molar-refractivity contribution in [2.24, 2.45) is 5.16 Å². The molecule has 0 saturated carbocycles. The van der Waals surface area contributed by atoms with Gasteiger partial charge >= 0.3 is 5.97 Å². The second-order valence-corrected chi connectivity index (χ2v) is 9.41. The SMILES string of the molecule is CC[C@]1(O)C(=O)OCc2c1cc1n(c2=O)Cc2c-1nc1ccccc1c2/C=N/OC(C)(C)C. The van der Waals surface area contributed by atoms with Crippen molar-refractivity contribution in [3.8, 4) is 11.4 Å². The van der Waals surface area contributed by atoms with Crippen LogP contribution in [-0.4, -0.2) is 32.4 Å². The smallest absolute Gasteiger partial charge is 0.343 e. The summed E-state index contributed by atoms with van der Waals surface area (Å²) in [5, 5.41) is 16.1. The average molecular weight is 447 g/mol. The fourth-order valence-electron chi connectivity index (χ4n) is 4.44. The van der Waals surface area contributed by atoms with Crippen molar-refractivity contribution in [2.45, 2.75) is 58.5 Å². The molecule has 2 aliphatic rings. The van der Waals surface area contributed by atoms with Crippen LogP contribution >= 0.6 is 0 Å². The lowest BCUT2D eigenvalue weighted by Crippen LogP contribution is -2.44. The number of aromatic nitrogens is 2. The van der Waals surface area contributed by atoms with E-state index in [1.807, 2.05) is 45.0 Å². The van der Waals surface area contributed by atoms with Gasteiger partial charge in [-0.15, -0.1) is 0 Å². The minimum absolute atomic E-state index is 0.0990. The highest BCUT2D eigenvalue weighted by atomic mass is 16.6. The quantitative estimate of drug-likeness (QED) is 0.294. The molecule has 8 nitrogen and oxygen atoms in total. The van der Waals surface area contributed by atoms with Gasteiger partial charge in [0.2, 0.25) is 0 Å². The number of carbonyl (C=O) groups is 1. The van der Waals surface area contributed by atoms with Crippen molar-refractivity contribution in [3.63, 3.8) is 0 Å². The van der Waals surface area contributed by atoms with Crippen molar-refractivity contribution >= 4 is 23.1 Å². The predicted molar refractivity (Wildman–Crippen MR) is 123 cm³/mol. The third-order valence-corrected chi connectivity index (χ3v) is 6.15. The second kappa shape index (κ2) is 7.25. The van der Waals surface area contributed by atoms with Crippen LogP contribution in [0.5, 0.6) is 0 Å². The Balaban J connectivity index is 1.75. The van der Waals surface area contributed by atoms with Crippen molar-refractivity contribution in [2.75, 3.05) is 0 Å². The van der Waals surface area contributed by atoms with Gasteiger partial charge in [-0.3, -0.25) is 4.79 Å². The first-order valence-electron chi connectivity index (χ1n) is 10.9. The second-order valence-electron chi connectivity index (χ2n) is 9.41. The molecule has 0 fully saturated rings. The van der Waals surface area contributed by atoms with Crippen molar-refractivity contribution in [1.82, 2.24) is 9.55 Å². The lowest BCUT2D eigenvalue weighted by atomic mass is 9.86. The highest BCUT2D eigenvalue weighted by molar-refractivity contribution is 6.02. The first-order valence-corrected chi connectivity index (χ1v) is 10.9. The van der Waals surface area contributed by atoms with E-state index in [2.05, 4.69) is 5.16 Å². The van der Waals surface area contributed by atoms with E-state index in [1.165, 1.54) is 0 Å². The molecule has 2 aliphatic heterocycles. The van der Waals surface area contributed by atoms with Crippen LogP contribution in [0.15, 0.2) is 40.3 Å². The number of nitrogens with zero attached hydrogens (tertiary/aromatic N) is 3. The number of fused-ring (bicyclic) bond motifs is 5. The maximum absolute atomic E-state index is 13.4. The Kier molecular flexibility index (Phi) is 4.68. The van der Waals surface area contributed by atoms with Gasteiger partial charge in [0.15, 0.2) is 5.60 Å². The maximum atomic E-state index is 13.4. The Hall–Kier alpha value is -3.52. The minimum Gasteiger partial charge on any atom is -0.458 e. The van der Waals surface area contributed by atoms with Gasteiger partial charge in [0.05, 0.1) is 35.2 Å². The number of benzene rings is 1. The molecule has 2 aromatic heterocycles. The zero-order valence-corrected chi connectivity index (χ0v) is 19.0. The number of para-hydroxylation sites is 1. The number of pyridine rings is 2. The highest BCUT2D eigenvalue weighted by Gasteiger charge is 2.45. The Bertz CT molecular complexity index is 1400. The van der Waals surface area contributed by atoms with Gasteiger partial charge in [-0.2, -0.15) is 0 Å². The number of aliphatic hydroxyl groups is 1. The van der Waals surface area contributed by atoms with E-state index in [1.54, 1.807) is 23.8 Å². The topological polar surface area (TPSA) is 103 Å². The average Bonchev–Trinajstić information content (AvgIpc) is 3.14. The summed E-state index contributed by atoms with van der Waals surface area (Å²) in [6.07, 6.45) is 1.77. The largest absolute Gasteiger partial charge is 0.458 e. The minimum atomic E-state index is -1.85. The molecule has 33 heavy (non-hydrogen) atoms. The highest BCUT2D eigenvalue weighted by Crippen LogP contribution is 2.39. The van der Waals surface area contributed by atoms with E-state index in [-0.39, 0.29) is 18.6 Å². The van der Waals surface area contributed by atoms with E-state index < -0.39 is 17.2 Å². The Morgan fingerprint density at radius 2 is 2.03 bits per heavy atom. The third kappa shape index (κ3) is 3.24. The van der Waals surface area contributed by atoms with Crippen LogP contribution in [0, 0.1) is 0 Å². The molecule has 5 rings (SSSR count). The number of oxime groups is 1. The summed E-state index contributed by atoms with van der Waals surface area (Å²) in [5.41, 5.74) is 1.59. The first kappa shape index (κ1) is 21.3. The zero-order valence-electron chi connectivity index (χ0n) is 19.0. The molecule has 4 heterocycles. The molecule has 1 N–H and O–H groups in total. The number of ether oxygens (including phenoxy) is 1. The van der Waals surface area contributed by atoms with Gasteiger partial charge in [-0.25, -0.2) is 9.78 Å². The number of cyclic esters (lactones) is 1. The van der Waals surface area contributed by atoms with Gasteiger partial charge in [-0.1, -0.05) is 30.3 Å². The van der Waals surface area contributed by atoms with Crippen molar-refractivity contribution < 1.29 is 19.5 Å². The van der Waals surface area contributed by atoms with E-state index in [4.69, 9.17) is 14.6 Å². The lowest BCUT2D eigenvalue weighted by molar-refractivity contribution is -0.172. The van der Waals surface area contributed by atoms with Crippen molar-refractivity contribution in [1.29, 1.82) is 0 Å². The van der Waals surface area contributed by atoms with Crippen LogP contribution in [0.4, 0.5) is 0 Å². The summed E-state index contributed by atoms with van der Waals surface area (Å²) in [6, 6.07) is 9.39. The molecule has 0 unspecified atom stereocenters. The predicted octanol–water partition coefficient (Wildman–Crippen LogP) is 3.23. The van der Waals surface area contributed by atoms with Gasteiger partial charge in [-0.05, 0) is 39.3 Å². The first-order chi connectivity index (χ1) is 15.6. The molecular formula is C25H25N3O5. The van der Waals surface area contributed by atoms with Gasteiger partial charge in [0, 0.05) is 22.1 Å². The lowest BCUT2D eigenvalue weighted by Gasteiger charge is -2.31. The van der Waals surface area contributed by atoms with Crippen LogP contribution in [0.25, 0.3) is 22.3 Å². The Morgan fingerprint density at radius 1 is 1.27 bits per heavy atom. The molecule has 0 aliphatic carbocycles. The van der Waals surface area contributed by atoms with Crippen LogP contribution < -0.4 is 5.56 Å². The van der Waals surface area contributed by atoms with E-state index in [0.29, 0.717) is 29.1 Å². The molecule has 0 radical (unpaired) electrons. The number of hydrogen-bond acceptors (Lipinski definition) is 7. The number of esters is 1. The molecule has 0 amide bonds. The standard InChI is InChI=1S/C25H25N3O5/c1-5-25(31)18-10-20-21-16(12-28(20)22(29)17(18)13-32-23(25)30)15(11-26-33-24(2,3)4)14-8-6-7-9-19(14)27-21/h6-11,31H,5,12-13H2,1-4H3/b26-11+/t25-/m1/s1. The van der Waals surface area contributed by atoms with Crippen molar-refractivity contribution in [3.05, 3.63) is 62.9 Å². The van der Waals surface area contributed by atoms with Crippen LogP contribution in [-0.2, 0) is 33.1 Å².